The summed E-state index contributed by atoms with van der Waals surface area (Å²) in [5, 5.41) is 11.8. The van der Waals surface area contributed by atoms with Gasteiger partial charge in [-0.2, -0.15) is 5.10 Å². The van der Waals surface area contributed by atoms with Crippen molar-refractivity contribution in [2.45, 2.75) is 40.2 Å². The third-order valence-electron chi connectivity index (χ3n) is 4.08. The number of hydrogen-bond acceptors (Lipinski definition) is 3. The third kappa shape index (κ3) is 5.61. The Bertz CT molecular complexity index is 761. The van der Waals surface area contributed by atoms with E-state index in [0.29, 0.717) is 23.0 Å². The van der Waals surface area contributed by atoms with Gasteiger partial charge in [-0.1, -0.05) is 30.1 Å². The average Bonchev–Trinajstić information content (AvgIpc) is 2.84. The highest BCUT2D eigenvalue weighted by atomic mass is 35.5. The van der Waals surface area contributed by atoms with E-state index in [4.69, 9.17) is 23.2 Å². The number of aryl methyl sites for hydroxylation is 1. The average molecular weight is 420 g/mol. The molecule has 1 atom stereocenters. The molecule has 1 aromatic heterocycles. The van der Waals surface area contributed by atoms with Crippen molar-refractivity contribution in [2.75, 3.05) is 13.1 Å². The lowest BCUT2D eigenvalue weighted by molar-refractivity contribution is -0.120. The first-order valence-electron chi connectivity index (χ1n) is 8.34. The van der Waals surface area contributed by atoms with Gasteiger partial charge in [0.05, 0.1) is 27.8 Å². The van der Waals surface area contributed by atoms with Crippen LogP contribution >= 0.6 is 35.6 Å². The minimum absolute atomic E-state index is 0. The normalized spacial score (nSPS) is 11.8. The third-order valence-corrected chi connectivity index (χ3v) is 4.82. The van der Waals surface area contributed by atoms with E-state index in [9.17, 15) is 4.79 Å². The van der Waals surface area contributed by atoms with E-state index in [-0.39, 0.29) is 24.4 Å². The Kier molecular flexibility index (Phi) is 8.90. The summed E-state index contributed by atoms with van der Waals surface area (Å²) in [5.41, 5.74) is 3.51. The molecule has 0 spiro atoms. The van der Waals surface area contributed by atoms with Gasteiger partial charge >= 0.3 is 0 Å². The number of carbonyl (C=O) groups is 1. The smallest absolute Gasteiger partial charge is 0.224 e. The van der Waals surface area contributed by atoms with E-state index in [0.717, 1.165) is 29.2 Å². The number of nitrogens with zero attached hydrogens (tertiary/aromatic N) is 2. The van der Waals surface area contributed by atoms with Gasteiger partial charge in [0.15, 0.2) is 0 Å². The van der Waals surface area contributed by atoms with Crippen molar-refractivity contribution in [3.05, 3.63) is 45.2 Å². The minimum atomic E-state index is -0.00959. The molecule has 0 saturated carbocycles. The number of carbonyl (C=O) groups excluding carboxylic acids is 1. The predicted octanol–water partition coefficient (Wildman–Crippen LogP) is 3.87. The number of aromatic nitrogens is 2. The summed E-state index contributed by atoms with van der Waals surface area (Å²) in [7, 11) is 0. The van der Waals surface area contributed by atoms with E-state index >= 15 is 0 Å². The van der Waals surface area contributed by atoms with Crippen LogP contribution in [0.15, 0.2) is 18.2 Å². The molecule has 26 heavy (non-hydrogen) atoms. The van der Waals surface area contributed by atoms with Crippen LogP contribution in [0.3, 0.4) is 0 Å². The monoisotopic (exact) mass is 418 g/mol. The number of hydrogen-bond donors (Lipinski definition) is 2. The fourth-order valence-electron chi connectivity index (χ4n) is 2.71. The first-order chi connectivity index (χ1) is 11.8. The lowest BCUT2D eigenvalue weighted by atomic mass is 10.1. The van der Waals surface area contributed by atoms with Gasteiger partial charge in [-0.05, 0) is 45.5 Å². The standard InChI is InChI=1S/C18H24Cl2N4O.ClH/c1-5-21-11(2)10-22-18(25)9-15-12(3)23-24(13(15)4)14-6-7-16(19)17(20)8-14;/h6-8,11,21H,5,9-10H2,1-4H3,(H,22,25);1H/t11-;/m1./s1. The molecular formula is C18H25Cl3N4O. The minimum Gasteiger partial charge on any atom is -0.354 e. The van der Waals surface area contributed by atoms with Crippen LogP contribution in [0.5, 0.6) is 0 Å². The summed E-state index contributed by atoms with van der Waals surface area (Å²) in [5.74, 6) is -0.00959. The molecule has 2 rings (SSSR count). The van der Waals surface area contributed by atoms with Crippen LogP contribution in [0.1, 0.15) is 30.8 Å². The number of rotatable bonds is 7. The van der Waals surface area contributed by atoms with E-state index in [2.05, 4.69) is 15.7 Å². The Morgan fingerprint density at radius 3 is 2.58 bits per heavy atom. The van der Waals surface area contributed by atoms with E-state index in [1.54, 1.807) is 16.8 Å². The number of benzene rings is 1. The lowest BCUT2D eigenvalue weighted by Crippen LogP contribution is -2.39. The second kappa shape index (κ2) is 10.2. The molecule has 1 amide bonds. The Labute approximate surface area is 170 Å². The van der Waals surface area contributed by atoms with Gasteiger partial charge in [-0.15, -0.1) is 12.4 Å². The van der Waals surface area contributed by atoms with Crippen LogP contribution in [-0.2, 0) is 11.2 Å². The molecule has 5 nitrogen and oxygen atoms in total. The Balaban J connectivity index is 0.00000338. The van der Waals surface area contributed by atoms with Crippen LogP contribution in [0, 0.1) is 13.8 Å². The van der Waals surface area contributed by atoms with Crippen molar-refractivity contribution in [1.82, 2.24) is 20.4 Å². The topological polar surface area (TPSA) is 58.9 Å². The van der Waals surface area contributed by atoms with Crippen LogP contribution < -0.4 is 10.6 Å². The van der Waals surface area contributed by atoms with Gasteiger partial charge in [-0.25, -0.2) is 4.68 Å². The summed E-state index contributed by atoms with van der Waals surface area (Å²) in [6.07, 6.45) is 0.303. The molecule has 1 aromatic carbocycles. The number of nitrogens with one attached hydrogen (secondary N) is 2. The van der Waals surface area contributed by atoms with Gasteiger partial charge in [0.25, 0.3) is 0 Å². The molecule has 0 bridgehead atoms. The van der Waals surface area contributed by atoms with Crippen LogP contribution in [-0.4, -0.2) is 34.8 Å². The molecular weight excluding hydrogens is 395 g/mol. The molecule has 1 heterocycles. The predicted molar refractivity (Wildman–Crippen MR) is 110 cm³/mol. The largest absolute Gasteiger partial charge is 0.354 e. The zero-order valence-electron chi connectivity index (χ0n) is 15.4. The summed E-state index contributed by atoms with van der Waals surface area (Å²) in [6.45, 7) is 9.43. The molecule has 0 saturated heterocycles. The molecule has 8 heteroatoms. The molecule has 2 N–H and O–H groups in total. The number of amides is 1. The highest BCUT2D eigenvalue weighted by molar-refractivity contribution is 6.42. The molecule has 144 valence electrons. The van der Waals surface area contributed by atoms with Gasteiger partial charge < -0.3 is 10.6 Å². The molecule has 0 radical (unpaired) electrons. The second-order valence-corrected chi connectivity index (χ2v) is 6.91. The molecule has 0 aliphatic carbocycles. The van der Waals surface area contributed by atoms with E-state index in [1.165, 1.54) is 0 Å². The fourth-order valence-corrected chi connectivity index (χ4v) is 3.00. The summed E-state index contributed by atoms with van der Waals surface area (Å²) in [6, 6.07) is 5.61. The van der Waals surface area contributed by atoms with Crippen molar-refractivity contribution < 1.29 is 4.79 Å². The zero-order valence-corrected chi connectivity index (χ0v) is 17.7. The van der Waals surface area contributed by atoms with E-state index < -0.39 is 0 Å². The highest BCUT2D eigenvalue weighted by Gasteiger charge is 2.16. The Morgan fingerprint density at radius 2 is 1.96 bits per heavy atom. The fraction of sp³-hybridized carbons (Fsp3) is 0.444. The lowest BCUT2D eigenvalue weighted by Gasteiger charge is -2.13. The van der Waals surface area contributed by atoms with Crippen LogP contribution in [0.2, 0.25) is 10.0 Å². The first kappa shape index (κ1) is 22.8. The first-order valence-corrected chi connectivity index (χ1v) is 9.09. The van der Waals surface area contributed by atoms with Gasteiger partial charge in [0.1, 0.15) is 0 Å². The number of likely N-dealkylation sites (N-methyl/N-ethyl adjacent to an activating group) is 1. The van der Waals surface area contributed by atoms with Crippen molar-refractivity contribution in [3.63, 3.8) is 0 Å². The van der Waals surface area contributed by atoms with Crippen molar-refractivity contribution in [3.8, 4) is 5.69 Å². The Morgan fingerprint density at radius 1 is 1.27 bits per heavy atom. The molecule has 0 fully saturated rings. The van der Waals surface area contributed by atoms with Crippen molar-refractivity contribution in [2.24, 2.45) is 0 Å². The Hall–Kier alpha value is -1.27. The zero-order chi connectivity index (χ0) is 18.6. The van der Waals surface area contributed by atoms with Gasteiger partial charge in [-0.3, -0.25) is 4.79 Å². The molecule has 0 aliphatic rings. The van der Waals surface area contributed by atoms with Gasteiger partial charge in [0, 0.05) is 23.8 Å². The maximum absolute atomic E-state index is 12.3. The maximum atomic E-state index is 12.3. The summed E-state index contributed by atoms with van der Waals surface area (Å²) >= 11 is 12.1. The van der Waals surface area contributed by atoms with Crippen LogP contribution in [0.4, 0.5) is 0 Å². The second-order valence-electron chi connectivity index (χ2n) is 6.10. The summed E-state index contributed by atoms with van der Waals surface area (Å²) in [4.78, 5) is 12.3. The maximum Gasteiger partial charge on any atom is 0.224 e. The van der Waals surface area contributed by atoms with Crippen LogP contribution in [0.25, 0.3) is 5.69 Å². The number of halogens is 3. The quantitative estimate of drug-likeness (QED) is 0.716. The SMILES string of the molecule is CCN[C@H](C)CNC(=O)Cc1c(C)nn(-c2ccc(Cl)c(Cl)c2)c1C.Cl. The molecule has 0 unspecified atom stereocenters. The summed E-state index contributed by atoms with van der Waals surface area (Å²) < 4.78 is 1.79. The molecule has 2 aromatic rings. The molecule has 0 aliphatic heterocycles. The van der Waals surface area contributed by atoms with E-state index in [1.807, 2.05) is 33.8 Å². The van der Waals surface area contributed by atoms with Crippen molar-refractivity contribution >= 4 is 41.5 Å². The highest BCUT2D eigenvalue weighted by Crippen LogP contribution is 2.26. The van der Waals surface area contributed by atoms with Crippen molar-refractivity contribution in [1.29, 1.82) is 0 Å². The van der Waals surface area contributed by atoms with Gasteiger partial charge in [0.2, 0.25) is 5.91 Å².